The lowest BCUT2D eigenvalue weighted by atomic mass is 9.80. The first kappa shape index (κ1) is 11.2. The fourth-order valence-corrected chi connectivity index (χ4v) is 4.74. The Morgan fingerprint density at radius 3 is 2.53 bits per heavy atom. The van der Waals surface area contributed by atoms with Crippen LogP contribution in [0.4, 0.5) is 0 Å². The summed E-state index contributed by atoms with van der Waals surface area (Å²) >= 11 is 0. The highest BCUT2D eigenvalue weighted by Crippen LogP contribution is 2.60. The number of ether oxygens (including phenoxy) is 2. The van der Waals surface area contributed by atoms with E-state index < -0.39 is 0 Å². The Hall–Kier alpha value is -0.920. The van der Waals surface area contributed by atoms with Crippen molar-refractivity contribution in [2.24, 2.45) is 29.6 Å². The predicted octanol–water partition coefficient (Wildman–Crippen LogP) is 3.36. The molecule has 2 nitrogen and oxygen atoms in total. The molecule has 0 N–H and O–H groups in total. The lowest BCUT2D eigenvalue weighted by Crippen LogP contribution is -2.29. The monoisotopic (exact) mass is 234 g/mol. The van der Waals surface area contributed by atoms with Gasteiger partial charge in [0.15, 0.2) is 0 Å². The molecular formula is C15H22O2. The second-order valence-corrected chi connectivity index (χ2v) is 5.90. The van der Waals surface area contributed by atoms with Crippen LogP contribution in [-0.4, -0.2) is 12.7 Å². The van der Waals surface area contributed by atoms with E-state index in [1.807, 2.05) is 0 Å². The Bertz CT molecular complexity index is 312. The fraction of sp³-hybridized carbons (Fsp3) is 0.733. The molecule has 3 saturated carbocycles. The molecule has 0 spiro atoms. The van der Waals surface area contributed by atoms with Crippen LogP contribution in [0.3, 0.4) is 0 Å². The number of fused-ring (bicyclic) bond motifs is 5. The molecule has 2 bridgehead atoms. The summed E-state index contributed by atoms with van der Waals surface area (Å²) in [5.41, 5.74) is 0. The standard InChI is InChI=1S/C15H22O2/c1-3-16-9-10-5-12-11-7-14(13(12)6-10)15(8-11)17-4-2/h3-4,10-15H,1-2,5-9H2. The summed E-state index contributed by atoms with van der Waals surface area (Å²) in [4.78, 5) is 0. The minimum atomic E-state index is 0.456. The van der Waals surface area contributed by atoms with Gasteiger partial charge < -0.3 is 9.47 Å². The summed E-state index contributed by atoms with van der Waals surface area (Å²) in [6.07, 6.45) is 9.00. The Balaban J connectivity index is 1.62. The van der Waals surface area contributed by atoms with E-state index >= 15 is 0 Å². The van der Waals surface area contributed by atoms with Crippen molar-refractivity contribution in [3.8, 4) is 0 Å². The molecule has 0 heterocycles. The van der Waals surface area contributed by atoms with Gasteiger partial charge in [0.2, 0.25) is 0 Å². The third-order valence-electron chi connectivity index (χ3n) is 5.22. The van der Waals surface area contributed by atoms with Crippen LogP contribution in [-0.2, 0) is 9.47 Å². The third-order valence-corrected chi connectivity index (χ3v) is 5.22. The molecule has 17 heavy (non-hydrogen) atoms. The first-order valence-electron chi connectivity index (χ1n) is 6.82. The molecule has 3 rings (SSSR count). The summed E-state index contributed by atoms with van der Waals surface area (Å²) in [7, 11) is 0. The summed E-state index contributed by atoms with van der Waals surface area (Å²) in [5.74, 6) is 4.27. The number of rotatable bonds is 5. The largest absolute Gasteiger partial charge is 0.502 e. The van der Waals surface area contributed by atoms with Crippen molar-refractivity contribution in [2.45, 2.75) is 31.8 Å². The van der Waals surface area contributed by atoms with E-state index in [1.165, 1.54) is 25.7 Å². The van der Waals surface area contributed by atoms with Gasteiger partial charge in [-0.3, -0.25) is 0 Å². The van der Waals surface area contributed by atoms with Gasteiger partial charge in [-0.15, -0.1) is 0 Å². The Morgan fingerprint density at radius 2 is 1.76 bits per heavy atom. The second kappa shape index (κ2) is 4.40. The molecule has 0 aliphatic heterocycles. The first-order chi connectivity index (χ1) is 8.33. The highest BCUT2D eigenvalue weighted by atomic mass is 16.5. The van der Waals surface area contributed by atoms with Crippen LogP contribution < -0.4 is 0 Å². The topological polar surface area (TPSA) is 18.5 Å². The van der Waals surface area contributed by atoms with Crippen molar-refractivity contribution in [3.05, 3.63) is 25.7 Å². The lowest BCUT2D eigenvalue weighted by molar-refractivity contribution is 0.0488. The van der Waals surface area contributed by atoms with Crippen LogP contribution in [0.5, 0.6) is 0 Å². The molecule has 3 fully saturated rings. The van der Waals surface area contributed by atoms with Gasteiger partial charge in [-0.05, 0) is 55.3 Å². The smallest absolute Gasteiger partial charge is 0.101 e. The summed E-state index contributed by atoms with van der Waals surface area (Å²) < 4.78 is 11.0. The third kappa shape index (κ3) is 1.78. The molecule has 6 atom stereocenters. The number of hydrogen-bond donors (Lipinski definition) is 0. The van der Waals surface area contributed by atoms with Gasteiger partial charge in [0.05, 0.1) is 19.1 Å². The normalized spacial score (nSPS) is 46.6. The molecule has 0 radical (unpaired) electrons. The van der Waals surface area contributed by atoms with E-state index in [0.29, 0.717) is 6.10 Å². The maximum atomic E-state index is 5.68. The van der Waals surface area contributed by atoms with Gasteiger partial charge in [0.1, 0.15) is 6.10 Å². The Kier molecular flexibility index (Phi) is 2.89. The zero-order chi connectivity index (χ0) is 11.8. The fourth-order valence-electron chi connectivity index (χ4n) is 4.74. The molecule has 3 aliphatic rings. The Morgan fingerprint density at radius 1 is 0.941 bits per heavy atom. The highest BCUT2D eigenvalue weighted by molar-refractivity contribution is 5.05. The highest BCUT2D eigenvalue weighted by Gasteiger charge is 2.56. The van der Waals surface area contributed by atoms with Crippen LogP contribution in [0.2, 0.25) is 0 Å². The van der Waals surface area contributed by atoms with Crippen molar-refractivity contribution in [1.82, 2.24) is 0 Å². The van der Waals surface area contributed by atoms with Crippen LogP contribution in [0.15, 0.2) is 25.7 Å². The molecule has 0 amide bonds. The van der Waals surface area contributed by atoms with E-state index in [1.54, 1.807) is 12.5 Å². The zero-order valence-electron chi connectivity index (χ0n) is 10.4. The van der Waals surface area contributed by atoms with Gasteiger partial charge >= 0.3 is 0 Å². The molecule has 2 heteroatoms. The average molecular weight is 234 g/mol. The summed E-state index contributed by atoms with van der Waals surface area (Å²) in [6.45, 7) is 8.18. The van der Waals surface area contributed by atoms with E-state index in [0.717, 1.165) is 36.2 Å². The molecule has 3 aliphatic carbocycles. The molecule has 94 valence electrons. The van der Waals surface area contributed by atoms with Crippen LogP contribution >= 0.6 is 0 Å². The molecular weight excluding hydrogens is 212 g/mol. The summed E-state index contributed by atoms with van der Waals surface area (Å²) in [6, 6.07) is 0. The maximum absolute atomic E-state index is 5.68. The minimum Gasteiger partial charge on any atom is -0.502 e. The Labute approximate surface area is 104 Å². The van der Waals surface area contributed by atoms with Gasteiger partial charge in [-0.25, -0.2) is 0 Å². The molecule has 0 aromatic heterocycles. The predicted molar refractivity (Wildman–Crippen MR) is 67.1 cm³/mol. The lowest BCUT2D eigenvalue weighted by Gasteiger charge is -2.30. The van der Waals surface area contributed by atoms with Gasteiger partial charge in [0, 0.05) is 0 Å². The van der Waals surface area contributed by atoms with Crippen molar-refractivity contribution < 1.29 is 9.47 Å². The van der Waals surface area contributed by atoms with Gasteiger partial charge in [0.25, 0.3) is 0 Å². The van der Waals surface area contributed by atoms with E-state index in [2.05, 4.69) is 13.2 Å². The molecule has 0 aromatic carbocycles. The van der Waals surface area contributed by atoms with Crippen molar-refractivity contribution in [1.29, 1.82) is 0 Å². The van der Waals surface area contributed by atoms with Crippen molar-refractivity contribution in [2.75, 3.05) is 6.61 Å². The molecule has 0 saturated heterocycles. The zero-order valence-corrected chi connectivity index (χ0v) is 10.4. The van der Waals surface area contributed by atoms with Gasteiger partial charge in [-0.1, -0.05) is 13.2 Å². The second-order valence-electron chi connectivity index (χ2n) is 5.90. The maximum Gasteiger partial charge on any atom is 0.101 e. The van der Waals surface area contributed by atoms with Gasteiger partial charge in [-0.2, -0.15) is 0 Å². The quantitative estimate of drug-likeness (QED) is 0.679. The van der Waals surface area contributed by atoms with E-state index in [4.69, 9.17) is 9.47 Å². The first-order valence-corrected chi connectivity index (χ1v) is 6.82. The molecule has 0 aromatic rings. The SMILES string of the molecule is C=COCC1CC2C3CC(OC=C)C(C3)C2C1. The van der Waals surface area contributed by atoms with Crippen molar-refractivity contribution >= 4 is 0 Å². The minimum absolute atomic E-state index is 0.456. The number of hydrogen-bond acceptors (Lipinski definition) is 2. The molecule has 6 unspecified atom stereocenters. The van der Waals surface area contributed by atoms with Crippen LogP contribution in [0, 0.1) is 29.6 Å². The summed E-state index contributed by atoms with van der Waals surface area (Å²) in [5, 5.41) is 0. The average Bonchev–Trinajstić information content (AvgIpc) is 2.96. The van der Waals surface area contributed by atoms with Crippen molar-refractivity contribution in [3.63, 3.8) is 0 Å². The van der Waals surface area contributed by atoms with E-state index in [9.17, 15) is 0 Å². The van der Waals surface area contributed by atoms with E-state index in [-0.39, 0.29) is 0 Å². The van der Waals surface area contributed by atoms with Crippen LogP contribution in [0.1, 0.15) is 25.7 Å². The van der Waals surface area contributed by atoms with Crippen LogP contribution in [0.25, 0.3) is 0 Å².